The SMILES string of the molecule is CSc1nc(SC#N)nc(N(C)C)n1. The molecule has 7 heteroatoms. The number of aromatic nitrogens is 3. The molecular weight excluding hydrogens is 218 g/mol. The lowest BCUT2D eigenvalue weighted by atomic mass is 10.8. The van der Waals surface area contributed by atoms with Crippen molar-refractivity contribution >= 4 is 29.5 Å². The van der Waals surface area contributed by atoms with Crippen LogP contribution in [0.5, 0.6) is 0 Å². The van der Waals surface area contributed by atoms with Gasteiger partial charge in [-0.05, 0) is 6.26 Å². The second kappa shape index (κ2) is 5.02. The van der Waals surface area contributed by atoms with Crippen molar-refractivity contribution in [1.29, 1.82) is 5.26 Å². The topological polar surface area (TPSA) is 65.7 Å². The van der Waals surface area contributed by atoms with Crippen molar-refractivity contribution in [2.24, 2.45) is 0 Å². The van der Waals surface area contributed by atoms with Crippen molar-refractivity contribution < 1.29 is 0 Å². The van der Waals surface area contributed by atoms with Gasteiger partial charge in [0.05, 0.1) is 0 Å². The smallest absolute Gasteiger partial charge is 0.229 e. The van der Waals surface area contributed by atoms with Crippen molar-refractivity contribution in [3.05, 3.63) is 0 Å². The summed E-state index contributed by atoms with van der Waals surface area (Å²) in [5, 5.41) is 11.5. The van der Waals surface area contributed by atoms with E-state index < -0.39 is 0 Å². The molecule has 0 aliphatic heterocycles. The fourth-order valence-corrected chi connectivity index (χ4v) is 1.46. The molecule has 0 bridgehead atoms. The minimum Gasteiger partial charge on any atom is -0.347 e. The first-order chi connectivity index (χ1) is 6.67. The third-order valence-electron chi connectivity index (χ3n) is 1.30. The van der Waals surface area contributed by atoms with E-state index in [4.69, 9.17) is 5.26 Å². The molecule has 0 aliphatic carbocycles. The van der Waals surface area contributed by atoms with Crippen LogP contribution in [0.2, 0.25) is 0 Å². The van der Waals surface area contributed by atoms with Gasteiger partial charge >= 0.3 is 0 Å². The van der Waals surface area contributed by atoms with Crippen molar-refractivity contribution in [2.75, 3.05) is 25.3 Å². The van der Waals surface area contributed by atoms with Crippen LogP contribution in [0, 0.1) is 10.7 Å². The predicted molar refractivity (Wildman–Crippen MR) is 57.4 cm³/mol. The summed E-state index contributed by atoms with van der Waals surface area (Å²) >= 11 is 2.37. The summed E-state index contributed by atoms with van der Waals surface area (Å²) in [6, 6.07) is 0. The summed E-state index contributed by atoms with van der Waals surface area (Å²) in [7, 11) is 3.69. The zero-order chi connectivity index (χ0) is 10.6. The lowest BCUT2D eigenvalue weighted by Crippen LogP contribution is -2.14. The van der Waals surface area contributed by atoms with E-state index in [0.717, 1.165) is 11.8 Å². The van der Waals surface area contributed by atoms with E-state index in [0.29, 0.717) is 16.3 Å². The predicted octanol–water partition coefficient (Wildman–Crippen LogP) is 1.23. The molecule has 0 N–H and O–H groups in total. The minimum atomic E-state index is 0.440. The molecule has 0 atom stereocenters. The maximum Gasteiger partial charge on any atom is 0.229 e. The quantitative estimate of drug-likeness (QED) is 0.568. The standard InChI is InChI=1S/C7H9N5S2/c1-12(2)5-9-6(13-3)11-7(10-5)14-4-8/h1-3H3. The van der Waals surface area contributed by atoms with Gasteiger partial charge in [0, 0.05) is 25.9 Å². The molecule has 0 saturated heterocycles. The molecule has 0 spiro atoms. The van der Waals surface area contributed by atoms with Crippen molar-refractivity contribution in [3.63, 3.8) is 0 Å². The summed E-state index contributed by atoms with van der Waals surface area (Å²) in [6.45, 7) is 0. The van der Waals surface area contributed by atoms with Gasteiger partial charge in [0.15, 0.2) is 5.16 Å². The van der Waals surface area contributed by atoms with Gasteiger partial charge in [-0.1, -0.05) is 11.8 Å². The molecule has 74 valence electrons. The minimum absolute atomic E-state index is 0.440. The van der Waals surface area contributed by atoms with E-state index >= 15 is 0 Å². The Kier molecular flexibility index (Phi) is 3.98. The van der Waals surface area contributed by atoms with Crippen LogP contribution < -0.4 is 4.90 Å². The number of thioether (sulfide) groups is 2. The van der Waals surface area contributed by atoms with E-state index in [2.05, 4.69) is 15.0 Å². The second-order valence-corrected chi connectivity index (χ2v) is 4.02. The van der Waals surface area contributed by atoms with Gasteiger partial charge in [0.1, 0.15) is 5.40 Å². The summed E-state index contributed by atoms with van der Waals surface area (Å²) in [5.74, 6) is 0.571. The number of nitrogens with zero attached hydrogens (tertiary/aromatic N) is 5. The molecule has 0 amide bonds. The van der Waals surface area contributed by atoms with Gasteiger partial charge in [0.25, 0.3) is 0 Å². The van der Waals surface area contributed by atoms with Gasteiger partial charge in [-0.15, -0.1) is 0 Å². The van der Waals surface area contributed by atoms with Gasteiger partial charge < -0.3 is 4.90 Å². The summed E-state index contributed by atoms with van der Waals surface area (Å²) in [6.07, 6.45) is 1.88. The van der Waals surface area contributed by atoms with E-state index in [9.17, 15) is 0 Å². The Labute approximate surface area is 90.9 Å². The van der Waals surface area contributed by atoms with Crippen molar-refractivity contribution in [2.45, 2.75) is 10.3 Å². The fourth-order valence-electron chi connectivity index (χ4n) is 0.706. The van der Waals surface area contributed by atoms with Crippen molar-refractivity contribution in [3.8, 4) is 5.40 Å². The highest BCUT2D eigenvalue weighted by Gasteiger charge is 2.07. The third kappa shape index (κ3) is 2.75. The van der Waals surface area contributed by atoms with Crippen LogP contribution >= 0.6 is 23.5 Å². The van der Waals surface area contributed by atoms with E-state index in [1.165, 1.54) is 11.8 Å². The number of anilines is 1. The highest BCUT2D eigenvalue weighted by Crippen LogP contribution is 2.18. The molecule has 0 saturated carbocycles. The summed E-state index contributed by atoms with van der Waals surface area (Å²) in [5.41, 5.74) is 0. The van der Waals surface area contributed by atoms with Crippen LogP contribution in [0.25, 0.3) is 0 Å². The van der Waals surface area contributed by atoms with Gasteiger partial charge in [0.2, 0.25) is 11.1 Å². The molecule has 0 aromatic carbocycles. The number of nitriles is 1. The molecular formula is C7H9N5S2. The first-order valence-corrected chi connectivity index (χ1v) is 5.75. The van der Waals surface area contributed by atoms with Crippen molar-refractivity contribution in [1.82, 2.24) is 15.0 Å². The van der Waals surface area contributed by atoms with Crippen LogP contribution in [0.3, 0.4) is 0 Å². The fraction of sp³-hybridized carbons (Fsp3) is 0.429. The number of hydrogen-bond donors (Lipinski definition) is 0. The van der Waals surface area contributed by atoms with Crippen LogP contribution in [0.15, 0.2) is 10.3 Å². The van der Waals surface area contributed by atoms with Crippen LogP contribution in [0.4, 0.5) is 5.95 Å². The molecule has 1 aromatic rings. The maximum atomic E-state index is 8.50. The lowest BCUT2D eigenvalue weighted by molar-refractivity contribution is 0.784. The van der Waals surface area contributed by atoms with E-state index in [-0.39, 0.29) is 0 Å². The Hall–Kier alpha value is -1.00. The summed E-state index contributed by atoms with van der Waals surface area (Å²) in [4.78, 5) is 14.1. The van der Waals surface area contributed by atoms with Gasteiger partial charge in [-0.3, -0.25) is 0 Å². The highest BCUT2D eigenvalue weighted by molar-refractivity contribution is 8.03. The first-order valence-electron chi connectivity index (χ1n) is 3.70. The highest BCUT2D eigenvalue weighted by atomic mass is 32.2. The molecule has 0 unspecified atom stereocenters. The van der Waals surface area contributed by atoms with Crippen LogP contribution in [-0.4, -0.2) is 35.3 Å². The number of thiocyanates is 1. The molecule has 0 fully saturated rings. The van der Waals surface area contributed by atoms with Gasteiger partial charge in [-0.2, -0.15) is 20.2 Å². The zero-order valence-corrected chi connectivity index (χ0v) is 9.69. The molecule has 0 radical (unpaired) electrons. The average Bonchev–Trinajstić information content (AvgIpc) is 2.17. The van der Waals surface area contributed by atoms with E-state index in [1.54, 1.807) is 4.90 Å². The Morgan fingerprint density at radius 3 is 2.36 bits per heavy atom. The third-order valence-corrected chi connectivity index (χ3v) is 2.31. The normalized spacial score (nSPS) is 9.57. The van der Waals surface area contributed by atoms with Gasteiger partial charge in [-0.25, -0.2) is 0 Å². The number of rotatable bonds is 3. The molecule has 1 aromatic heterocycles. The zero-order valence-electron chi connectivity index (χ0n) is 8.05. The Bertz CT molecular complexity index is 360. The largest absolute Gasteiger partial charge is 0.347 e. The molecule has 0 aliphatic rings. The Morgan fingerprint density at radius 1 is 1.21 bits per heavy atom. The molecule has 5 nitrogen and oxygen atoms in total. The molecule has 1 heterocycles. The summed E-state index contributed by atoms with van der Waals surface area (Å²) < 4.78 is 0. The molecule has 14 heavy (non-hydrogen) atoms. The second-order valence-electron chi connectivity index (χ2n) is 2.49. The van der Waals surface area contributed by atoms with Crippen LogP contribution in [0.1, 0.15) is 0 Å². The Balaban J connectivity index is 3.08. The Morgan fingerprint density at radius 2 is 1.86 bits per heavy atom. The monoisotopic (exact) mass is 227 g/mol. The number of hydrogen-bond acceptors (Lipinski definition) is 7. The van der Waals surface area contributed by atoms with E-state index in [1.807, 2.05) is 25.8 Å². The lowest BCUT2D eigenvalue weighted by Gasteiger charge is -2.10. The molecule has 1 rings (SSSR count). The average molecular weight is 227 g/mol. The van der Waals surface area contributed by atoms with Crippen LogP contribution in [-0.2, 0) is 0 Å². The maximum absolute atomic E-state index is 8.50. The first kappa shape index (κ1) is 11.1.